The van der Waals surface area contributed by atoms with Crippen molar-refractivity contribution in [2.75, 3.05) is 39.6 Å². The fourth-order valence-electron chi connectivity index (χ4n) is 3.12. The third-order valence-electron chi connectivity index (χ3n) is 4.53. The summed E-state index contributed by atoms with van der Waals surface area (Å²) in [5.74, 6) is 1.46. The number of benzene rings is 1. The number of rotatable bonds is 5. The Hall–Kier alpha value is -1.99. The molecule has 0 bridgehead atoms. The maximum Gasteiger partial charge on any atom is 0.315 e. The Morgan fingerprint density at radius 3 is 2.72 bits per heavy atom. The van der Waals surface area contributed by atoms with Crippen LogP contribution in [0, 0.1) is 0 Å². The van der Waals surface area contributed by atoms with E-state index in [1.54, 1.807) is 0 Å². The monoisotopic (exact) mass is 349 g/mol. The van der Waals surface area contributed by atoms with Gasteiger partial charge in [0.1, 0.15) is 0 Å². The summed E-state index contributed by atoms with van der Waals surface area (Å²) in [6.07, 6.45) is 0. The van der Waals surface area contributed by atoms with Gasteiger partial charge in [-0.2, -0.15) is 0 Å². The van der Waals surface area contributed by atoms with Crippen LogP contribution < -0.4 is 20.1 Å². The highest BCUT2D eigenvalue weighted by Crippen LogP contribution is 2.35. The van der Waals surface area contributed by atoms with Crippen molar-refractivity contribution in [3.63, 3.8) is 0 Å². The Bertz CT molecular complexity index is 614. The molecule has 0 aromatic heterocycles. The second kappa shape index (κ2) is 7.49. The lowest BCUT2D eigenvalue weighted by atomic mass is 9.94. The van der Waals surface area contributed by atoms with E-state index in [2.05, 4.69) is 15.5 Å². The van der Waals surface area contributed by atoms with Crippen LogP contribution in [-0.2, 0) is 10.3 Å². The van der Waals surface area contributed by atoms with Gasteiger partial charge >= 0.3 is 6.03 Å². The smallest absolute Gasteiger partial charge is 0.315 e. The van der Waals surface area contributed by atoms with Gasteiger partial charge in [-0.1, -0.05) is 6.07 Å². The molecule has 0 saturated carbocycles. The van der Waals surface area contributed by atoms with Crippen molar-refractivity contribution < 1.29 is 19.0 Å². The molecular formula is C18H27N3O4. The molecule has 0 spiro atoms. The summed E-state index contributed by atoms with van der Waals surface area (Å²) >= 11 is 0. The topological polar surface area (TPSA) is 72.1 Å². The second-order valence-corrected chi connectivity index (χ2v) is 7.11. The Kier molecular flexibility index (Phi) is 5.34. The maximum absolute atomic E-state index is 12.4. The van der Waals surface area contributed by atoms with E-state index < -0.39 is 5.54 Å². The largest absolute Gasteiger partial charge is 0.454 e. The van der Waals surface area contributed by atoms with E-state index in [1.807, 2.05) is 39.0 Å². The van der Waals surface area contributed by atoms with Crippen molar-refractivity contribution in [2.45, 2.75) is 32.4 Å². The molecule has 138 valence electrons. The number of nitrogens with one attached hydrogen (secondary N) is 2. The number of fused-ring (bicyclic) bond motifs is 1. The number of amides is 2. The lowest BCUT2D eigenvalue weighted by molar-refractivity contribution is 0.0348. The van der Waals surface area contributed by atoms with Gasteiger partial charge < -0.3 is 24.8 Å². The summed E-state index contributed by atoms with van der Waals surface area (Å²) in [6.45, 7) is 10.4. The minimum atomic E-state index is -0.524. The standard InChI is InChI=1S/C18H27N3O4/c1-13(11-21-6-8-23-9-7-21)19-17(22)20-18(2,3)14-4-5-15-16(10-14)25-12-24-15/h4-5,10,13H,6-9,11-12H2,1-3H3,(H2,19,20,22)/t13-/m1/s1. The Morgan fingerprint density at radius 1 is 1.24 bits per heavy atom. The van der Waals surface area contributed by atoms with Gasteiger partial charge in [0, 0.05) is 25.7 Å². The highest BCUT2D eigenvalue weighted by Gasteiger charge is 2.26. The first kappa shape index (κ1) is 17.8. The summed E-state index contributed by atoms with van der Waals surface area (Å²) in [6, 6.07) is 5.62. The van der Waals surface area contributed by atoms with E-state index in [-0.39, 0.29) is 18.9 Å². The summed E-state index contributed by atoms with van der Waals surface area (Å²) in [7, 11) is 0. The first-order valence-corrected chi connectivity index (χ1v) is 8.73. The van der Waals surface area contributed by atoms with Crippen molar-refractivity contribution >= 4 is 6.03 Å². The molecule has 2 N–H and O–H groups in total. The third-order valence-corrected chi connectivity index (χ3v) is 4.53. The van der Waals surface area contributed by atoms with Crippen LogP contribution >= 0.6 is 0 Å². The van der Waals surface area contributed by atoms with Crippen molar-refractivity contribution in [2.24, 2.45) is 0 Å². The molecule has 0 aliphatic carbocycles. The van der Waals surface area contributed by atoms with Crippen molar-refractivity contribution in [3.8, 4) is 11.5 Å². The summed E-state index contributed by atoms with van der Waals surface area (Å²) in [5.41, 5.74) is 0.441. The number of carbonyl (C=O) groups excluding carboxylic acids is 1. The van der Waals surface area contributed by atoms with Gasteiger partial charge in [0.2, 0.25) is 6.79 Å². The minimum absolute atomic E-state index is 0.0608. The van der Waals surface area contributed by atoms with Gasteiger partial charge in [-0.15, -0.1) is 0 Å². The maximum atomic E-state index is 12.4. The van der Waals surface area contributed by atoms with Crippen molar-refractivity contribution in [1.29, 1.82) is 0 Å². The van der Waals surface area contributed by atoms with E-state index in [9.17, 15) is 4.79 Å². The molecule has 0 unspecified atom stereocenters. The molecule has 0 radical (unpaired) electrons. The Labute approximate surface area is 148 Å². The molecule has 1 saturated heterocycles. The zero-order valence-electron chi connectivity index (χ0n) is 15.1. The van der Waals surface area contributed by atoms with E-state index in [0.29, 0.717) is 5.75 Å². The highest BCUT2D eigenvalue weighted by atomic mass is 16.7. The molecular weight excluding hydrogens is 322 g/mol. The first-order valence-electron chi connectivity index (χ1n) is 8.73. The molecule has 2 heterocycles. The number of ether oxygens (including phenoxy) is 3. The molecule has 1 atom stereocenters. The number of hydrogen-bond acceptors (Lipinski definition) is 5. The van der Waals surface area contributed by atoms with Crippen LogP contribution in [0.3, 0.4) is 0 Å². The highest BCUT2D eigenvalue weighted by molar-refractivity contribution is 5.75. The second-order valence-electron chi connectivity index (χ2n) is 7.11. The van der Waals surface area contributed by atoms with E-state index in [1.165, 1.54) is 0 Å². The quantitative estimate of drug-likeness (QED) is 0.846. The van der Waals surface area contributed by atoms with Gasteiger partial charge in [0.15, 0.2) is 11.5 Å². The zero-order valence-corrected chi connectivity index (χ0v) is 15.1. The minimum Gasteiger partial charge on any atom is -0.454 e. The van der Waals surface area contributed by atoms with Crippen LogP contribution in [0.1, 0.15) is 26.3 Å². The van der Waals surface area contributed by atoms with Gasteiger partial charge in [-0.3, -0.25) is 4.90 Å². The number of morpholine rings is 1. The molecule has 7 heteroatoms. The molecule has 25 heavy (non-hydrogen) atoms. The van der Waals surface area contributed by atoms with E-state index in [4.69, 9.17) is 14.2 Å². The fraction of sp³-hybridized carbons (Fsp3) is 0.611. The number of nitrogens with zero attached hydrogens (tertiary/aromatic N) is 1. The van der Waals surface area contributed by atoms with E-state index >= 15 is 0 Å². The van der Waals surface area contributed by atoms with Gasteiger partial charge in [0.05, 0.1) is 18.8 Å². The number of hydrogen-bond donors (Lipinski definition) is 2. The van der Waals surface area contributed by atoms with Crippen LogP contribution in [0.5, 0.6) is 11.5 Å². The van der Waals surface area contributed by atoms with Crippen molar-refractivity contribution in [1.82, 2.24) is 15.5 Å². The fourth-order valence-corrected chi connectivity index (χ4v) is 3.12. The predicted molar refractivity (Wildman–Crippen MR) is 94.0 cm³/mol. The number of urea groups is 1. The Morgan fingerprint density at radius 2 is 1.96 bits per heavy atom. The van der Waals surface area contributed by atoms with Crippen LogP contribution in [0.2, 0.25) is 0 Å². The first-order chi connectivity index (χ1) is 11.9. The normalized spacial score (nSPS) is 18.7. The molecule has 2 amide bonds. The van der Waals surface area contributed by atoms with Crippen LogP contribution in [0.15, 0.2) is 18.2 Å². The van der Waals surface area contributed by atoms with Crippen LogP contribution in [0.4, 0.5) is 4.79 Å². The van der Waals surface area contributed by atoms with Crippen molar-refractivity contribution in [3.05, 3.63) is 23.8 Å². The molecule has 7 nitrogen and oxygen atoms in total. The van der Waals surface area contributed by atoms with Gasteiger partial charge in [0.25, 0.3) is 0 Å². The van der Waals surface area contributed by atoms with Gasteiger partial charge in [-0.25, -0.2) is 4.79 Å². The third kappa shape index (κ3) is 4.55. The zero-order chi connectivity index (χ0) is 17.9. The molecule has 1 fully saturated rings. The summed E-state index contributed by atoms with van der Waals surface area (Å²) in [5, 5.41) is 6.06. The SMILES string of the molecule is C[C@H](CN1CCOCC1)NC(=O)NC(C)(C)c1ccc2c(c1)OCO2. The van der Waals surface area contributed by atoms with Crippen LogP contribution in [-0.4, -0.2) is 56.6 Å². The molecule has 3 rings (SSSR count). The molecule has 1 aromatic rings. The number of carbonyl (C=O) groups is 1. The molecule has 1 aromatic carbocycles. The average molecular weight is 349 g/mol. The summed E-state index contributed by atoms with van der Waals surface area (Å²) in [4.78, 5) is 14.7. The molecule has 2 aliphatic heterocycles. The van der Waals surface area contributed by atoms with Gasteiger partial charge in [-0.05, 0) is 38.5 Å². The lowest BCUT2D eigenvalue weighted by Crippen LogP contribution is -2.52. The lowest BCUT2D eigenvalue weighted by Gasteiger charge is -2.31. The average Bonchev–Trinajstić information content (AvgIpc) is 3.02. The Balaban J connectivity index is 1.53. The molecule has 2 aliphatic rings. The van der Waals surface area contributed by atoms with E-state index in [0.717, 1.165) is 44.2 Å². The predicted octanol–water partition coefficient (Wildman–Crippen LogP) is 1.67. The van der Waals surface area contributed by atoms with Crippen LogP contribution in [0.25, 0.3) is 0 Å². The summed E-state index contributed by atoms with van der Waals surface area (Å²) < 4.78 is 16.1.